The van der Waals surface area contributed by atoms with Crippen molar-refractivity contribution in [2.45, 2.75) is 46.3 Å². The summed E-state index contributed by atoms with van der Waals surface area (Å²) in [4.78, 5) is 0. The van der Waals surface area contributed by atoms with Crippen LogP contribution in [-0.4, -0.2) is 6.10 Å². The smallest absolute Gasteiger partial charge is 0.119 e. The minimum Gasteiger partial charge on any atom is -0.491 e. The largest absolute Gasteiger partial charge is 0.491 e. The Morgan fingerprint density at radius 3 is 2.06 bits per heavy atom. The van der Waals surface area contributed by atoms with E-state index in [-0.39, 0.29) is 24.6 Å². The summed E-state index contributed by atoms with van der Waals surface area (Å²) >= 11 is 0. The van der Waals surface area contributed by atoms with E-state index in [1.165, 1.54) is 5.56 Å². The van der Waals surface area contributed by atoms with Gasteiger partial charge in [-0.3, -0.25) is 0 Å². The molecule has 0 aliphatic rings. The second kappa shape index (κ2) is 7.57. The highest BCUT2D eigenvalue weighted by Gasteiger charge is 2.12. The molecule has 98 valence electrons. The molecule has 0 aliphatic heterocycles. The highest BCUT2D eigenvalue weighted by atomic mass is 35.5. The highest BCUT2D eigenvalue weighted by Crippen LogP contribution is 2.24. The molecular weight excluding hydrogens is 234 g/mol. The molecule has 3 heteroatoms. The van der Waals surface area contributed by atoms with Gasteiger partial charge in [-0.2, -0.15) is 0 Å². The maximum atomic E-state index is 6.16. The van der Waals surface area contributed by atoms with Crippen LogP contribution in [0.25, 0.3) is 0 Å². The lowest BCUT2D eigenvalue weighted by atomic mass is 9.93. The maximum absolute atomic E-state index is 6.16. The van der Waals surface area contributed by atoms with Gasteiger partial charge in [-0.25, -0.2) is 0 Å². The molecule has 0 amide bonds. The second-order valence-corrected chi connectivity index (χ2v) is 4.65. The predicted octanol–water partition coefficient (Wildman–Crippen LogP) is 3.94. The van der Waals surface area contributed by atoms with Crippen molar-refractivity contribution in [1.29, 1.82) is 0 Å². The first kappa shape index (κ1) is 16.3. The van der Waals surface area contributed by atoms with Gasteiger partial charge < -0.3 is 10.5 Å². The lowest BCUT2D eigenvalue weighted by molar-refractivity contribution is 0.242. The Morgan fingerprint density at radius 1 is 1.12 bits per heavy atom. The molecule has 0 saturated heterocycles. The van der Waals surface area contributed by atoms with Crippen molar-refractivity contribution in [1.82, 2.24) is 0 Å². The van der Waals surface area contributed by atoms with Crippen LogP contribution in [0.3, 0.4) is 0 Å². The second-order valence-electron chi connectivity index (χ2n) is 4.65. The zero-order valence-electron chi connectivity index (χ0n) is 11.1. The van der Waals surface area contributed by atoms with Crippen LogP contribution in [0, 0.1) is 5.92 Å². The fraction of sp³-hybridized carbons (Fsp3) is 0.571. The molecule has 0 bridgehead atoms. The molecule has 0 heterocycles. The van der Waals surface area contributed by atoms with Crippen LogP contribution in [0.15, 0.2) is 24.3 Å². The van der Waals surface area contributed by atoms with Gasteiger partial charge in [-0.05, 0) is 37.5 Å². The van der Waals surface area contributed by atoms with Gasteiger partial charge in [0.25, 0.3) is 0 Å². The third-order valence-corrected chi connectivity index (χ3v) is 2.89. The van der Waals surface area contributed by atoms with E-state index in [4.69, 9.17) is 10.5 Å². The average molecular weight is 258 g/mol. The number of nitrogens with two attached hydrogens (primary N) is 1. The van der Waals surface area contributed by atoms with Crippen LogP contribution in [0.5, 0.6) is 5.75 Å². The fourth-order valence-corrected chi connectivity index (χ4v) is 1.62. The van der Waals surface area contributed by atoms with Crippen molar-refractivity contribution in [2.24, 2.45) is 11.7 Å². The molecule has 0 radical (unpaired) electrons. The van der Waals surface area contributed by atoms with Crippen molar-refractivity contribution in [2.75, 3.05) is 0 Å². The Balaban J connectivity index is 0.00000256. The Hall–Kier alpha value is -0.730. The average Bonchev–Trinajstić information content (AvgIpc) is 2.27. The Kier molecular flexibility index (Phi) is 7.24. The highest BCUT2D eigenvalue weighted by molar-refractivity contribution is 5.85. The quantitative estimate of drug-likeness (QED) is 0.867. The molecule has 1 aromatic carbocycles. The van der Waals surface area contributed by atoms with Crippen molar-refractivity contribution >= 4 is 12.4 Å². The first-order valence-electron chi connectivity index (χ1n) is 6.06. The van der Waals surface area contributed by atoms with E-state index in [1.807, 2.05) is 26.0 Å². The van der Waals surface area contributed by atoms with Gasteiger partial charge in [0, 0.05) is 6.04 Å². The summed E-state index contributed by atoms with van der Waals surface area (Å²) in [5, 5.41) is 0. The number of hydrogen-bond acceptors (Lipinski definition) is 2. The molecule has 0 aliphatic carbocycles. The fourth-order valence-electron chi connectivity index (χ4n) is 1.62. The molecule has 1 aromatic rings. The van der Waals surface area contributed by atoms with Gasteiger partial charge in [0.1, 0.15) is 5.75 Å². The minimum atomic E-state index is 0. The van der Waals surface area contributed by atoms with E-state index in [9.17, 15) is 0 Å². The van der Waals surface area contributed by atoms with Crippen molar-refractivity contribution in [3.63, 3.8) is 0 Å². The Labute approximate surface area is 111 Å². The number of benzene rings is 1. The first-order chi connectivity index (χ1) is 7.54. The van der Waals surface area contributed by atoms with Crippen LogP contribution in [-0.2, 0) is 0 Å². The molecular formula is C14H24ClNO. The summed E-state index contributed by atoms with van der Waals surface area (Å²) in [6, 6.07) is 8.25. The standard InChI is InChI=1S/C14H23NO.ClH/c1-5-11(4)14(15)12-6-8-13(9-7-12)16-10(2)3;/h6-11,14H,5,15H2,1-4H3;1H/t11?,14-;/m0./s1. The van der Waals surface area contributed by atoms with Gasteiger partial charge in [-0.15, -0.1) is 12.4 Å². The van der Waals surface area contributed by atoms with E-state index < -0.39 is 0 Å². The van der Waals surface area contributed by atoms with Gasteiger partial charge in [-0.1, -0.05) is 32.4 Å². The van der Waals surface area contributed by atoms with Gasteiger partial charge >= 0.3 is 0 Å². The number of rotatable bonds is 5. The molecule has 2 N–H and O–H groups in total. The van der Waals surface area contributed by atoms with E-state index in [2.05, 4.69) is 26.0 Å². The van der Waals surface area contributed by atoms with E-state index in [0.29, 0.717) is 5.92 Å². The summed E-state index contributed by atoms with van der Waals surface area (Å²) in [5.41, 5.74) is 7.35. The SMILES string of the molecule is CCC(C)[C@H](N)c1ccc(OC(C)C)cc1.Cl. The van der Waals surface area contributed by atoms with Crippen molar-refractivity contribution < 1.29 is 4.74 Å². The molecule has 17 heavy (non-hydrogen) atoms. The lowest BCUT2D eigenvalue weighted by Gasteiger charge is -2.19. The van der Waals surface area contributed by atoms with Crippen LogP contribution in [0.2, 0.25) is 0 Å². The maximum Gasteiger partial charge on any atom is 0.119 e. The van der Waals surface area contributed by atoms with Gasteiger partial charge in [0.2, 0.25) is 0 Å². The van der Waals surface area contributed by atoms with E-state index in [1.54, 1.807) is 0 Å². The van der Waals surface area contributed by atoms with Gasteiger partial charge in [0.15, 0.2) is 0 Å². The number of hydrogen-bond donors (Lipinski definition) is 1. The van der Waals surface area contributed by atoms with Crippen LogP contribution >= 0.6 is 12.4 Å². The molecule has 0 aromatic heterocycles. The zero-order valence-corrected chi connectivity index (χ0v) is 12.0. The number of ether oxygens (including phenoxy) is 1. The monoisotopic (exact) mass is 257 g/mol. The molecule has 0 fully saturated rings. The molecule has 1 unspecified atom stereocenters. The topological polar surface area (TPSA) is 35.2 Å². The molecule has 0 saturated carbocycles. The normalized spacial score (nSPS) is 14.0. The van der Waals surface area contributed by atoms with Crippen LogP contribution in [0.4, 0.5) is 0 Å². The summed E-state index contributed by atoms with van der Waals surface area (Å²) < 4.78 is 5.59. The minimum absolute atomic E-state index is 0. The van der Waals surface area contributed by atoms with E-state index in [0.717, 1.165) is 12.2 Å². The third-order valence-electron chi connectivity index (χ3n) is 2.89. The summed E-state index contributed by atoms with van der Waals surface area (Å²) in [6.45, 7) is 8.40. The summed E-state index contributed by atoms with van der Waals surface area (Å²) in [5.74, 6) is 1.42. The molecule has 2 nitrogen and oxygen atoms in total. The van der Waals surface area contributed by atoms with Crippen molar-refractivity contribution in [3.8, 4) is 5.75 Å². The molecule has 1 rings (SSSR count). The first-order valence-corrected chi connectivity index (χ1v) is 6.06. The molecule has 0 spiro atoms. The predicted molar refractivity (Wildman–Crippen MR) is 75.8 cm³/mol. The van der Waals surface area contributed by atoms with Crippen LogP contribution in [0.1, 0.15) is 45.7 Å². The van der Waals surface area contributed by atoms with Crippen molar-refractivity contribution in [3.05, 3.63) is 29.8 Å². The summed E-state index contributed by atoms with van der Waals surface area (Å²) in [6.07, 6.45) is 1.32. The Bertz CT molecular complexity index is 311. The van der Waals surface area contributed by atoms with Crippen LogP contribution < -0.4 is 10.5 Å². The van der Waals surface area contributed by atoms with Gasteiger partial charge in [0.05, 0.1) is 6.10 Å². The van der Waals surface area contributed by atoms with E-state index >= 15 is 0 Å². The lowest BCUT2D eigenvalue weighted by Crippen LogP contribution is -2.18. The third kappa shape index (κ3) is 4.97. The summed E-state index contributed by atoms with van der Waals surface area (Å²) in [7, 11) is 0. The zero-order chi connectivity index (χ0) is 12.1. The Morgan fingerprint density at radius 2 is 1.65 bits per heavy atom. The number of halogens is 1. The molecule has 2 atom stereocenters.